The van der Waals surface area contributed by atoms with Gasteiger partial charge in [-0.1, -0.05) is 19.1 Å². The second-order valence-corrected chi connectivity index (χ2v) is 8.10. The van der Waals surface area contributed by atoms with Gasteiger partial charge in [0.1, 0.15) is 6.17 Å². The molecule has 7 nitrogen and oxygen atoms in total. The van der Waals surface area contributed by atoms with E-state index in [1.165, 1.54) is 0 Å². The fourth-order valence-corrected chi connectivity index (χ4v) is 2.38. The summed E-state index contributed by atoms with van der Waals surface area (Å²) in [4.78, 5) is 20.5. The smallest absolute Gasteiger partial charge is 0.359 e. The number of quaternary nitrogens is 2. The van der Waals surface area contributed by atoms with Gasteiger partial charge in [0.2, 0.25) is 0 Å². The summed E-state index contributed by atoms with van der Waals surface area (Å²) < 4.78 is 1.28. The van der Waals surface area contributed by atoms with Crippen molar-refractivity contribution < 1.29 is 28.8 Å². The van der Waals surface area contributed by atoms with E-state index in [0.29, 0.717) is 17.1 Å². The van der Waals surface area contributed by atoms with Crippen molar-refractivity contribution in [3.05, 3.63) is 12.2 Å². The minimum atomic E-state index is -0.752. The van der Waals surface area contributed by atoms with Crippen LogP contribution in [0.5, 0.6) is 0 Å². The van der Waals surface area contributed by atoms with E-state index >= 15 is 0 Å². The first-order chi connectivity index (χ1) is 11.2. The second-order valence-electron chi connectivity index (χ2n) is 8.10. The van der Waals surface area contributed by atoms with E-state index in [1.807, 2.05) is 28.1 Å². The van der Waals surface area contributed by atoms with Crippen molar-refractivity contribution >= 4 is 11.9 Å². The first kappa shape index (κ1) is 25.8. The van der Waals surface area contributed by atoms with Gasteiger partial charge in [-0.15, -0.1) is 0 Å². The van der Waals surface area contributed by atoms with E-state index in [-0.39, 0.29) is 13.0 Å². The molecule has 7 heteroatoms. The molecule has 0 aliphatic carbocycles. The first-order valence-electron chi connectivity index (χ1n) is 8.65. The van der Waals surface area contributed by atoms with E-state index in [1.54, 1.807) is 0 Å². The van der Waals surface area contributed by atoms with E-state index in [9.17, 15) is 9.59 Å². The van der Waals surface area contributed by atoms with E-state index < -0.39 is 11.9 Å². The molecule has 0 amide bonds. The Hall–Kier alpha value is -1.44. The molecule has 0 aromatic rings. The quantitative estimate of drug-likeness (QED) is 0.296. The Balaban J connectivity index is 0. The van der Waals surface area contributed by atoms with Gasteiger partial charge in [-0.05, 0) is 6.92 Å². The van der Waals surface area contributed by atoms with E-state index in [0.717, 1.165) is 29.6 Å². The molecule has 25 heavy (non-hydrogen) atoms. The van der Waals surface area contributed by atoms with Crippen molar-refractivity contribution in [3.63, 3.8) is 0 Å². The number of hydrogen-bond acceptors (Lipinski definition) is 3. The molecule has 0 aliphatic rings. The van der Waals surface area contributed by atoms with Crippen LogP contribution in [0.2, 0.25) is 0 Å². The van der Waals surface area contributed by atoms with Crippen LogP contribution in [0, 0.1) is 0 Å². The fourth-order valence-electron chi connectivity index (χ4n) is 2.38. The summed E-state index contributed by atoms with van der Waals surface area (Å²) in [6.45, 7) is 9.90. The Morgan fingerprint density at radius 1 is 1.08 bits per heavy atom. The summed E-state index contributed by atoms with van der Waals surface area (Å²) in [6, 6.07) is 0. The highest BCUT2D eigenvalue weighted by atomic mass is 16.4. The number of nitrogens with one attached hydrogen (secondary N) is 1. The maximum atomic E-state index is 10.5. The number of carboxylic acids is 2. The SMILES string of the molecule is C=C(C)CNC(CC)[N+](C)(C)CCCC(=O)O.C[N+](C)(C)CC(=O)O. The monoisotopic (exact) mass is 361 g/mol. The number of carbonyl (C=O) groups is 2. The average molecular weight is 362 g/mol. The van der Waals surface area contributed by atoms with Crippen LogP contribution in [0.4, 0.5) is 0 Å². The van der Waals surface area contributed by atoms with Crippen LogP contribution in [0.25, 0.3) is 0 Å². The molecular formula is C18H39N3O4+2. The van der Waals surface area contributed by atoms with Crippen molar-refractivity contribution in [1.82, 2.24) is 5.32 Å². The molecule has 0 fully saturated rings. The first-order valence-corrected chi connectivity index (χ1v) is 8.65. The van der Waals surface area contributed by atoms with Gasteiger partial charge in [0.25, 0.3) is 0 Å². The van der Waals surface area contributed by atoms with Gasteiger partial charge in [-0.25, -0.2) is 4.79 Å². The van der Waals surface area contributed by atoms with Crippen molar-refractivity contribution in [2.24, 2.45) is 0 Å². The number of carboxylic acid groups (broad SMARTS) is 2. The summed E-state index contributed by atoms with van der Waals surface area (Å²) in [5.74, 6) is -1.47. The molecule has 0 radical (unpaired) electrons. The lowest BCUT2D eigenvalue weighted by molar-refractivity contribution is -0.918. The van der Waals surface area contributed by atoms with E-state index in [2.05, 4.69) is 32.9 Å². The summed E-state index contributed by atoms with van der Waals surface area (Å²) in [5, 5.41) is 20.4. The molecule has 0 aromatic carbocycles. The fraction of sp³-hybridized carbons (Fsp3) is 0.778. The predicted octanol–water partition coefficient (Wildman–Crippen LogP) is 1.61. The van der Waals surface area contributed by atoms with Crippen molar-refractivity contribution in [2.75, 3.05) is 54.9 Å². The topological polar surface area (TPSA) is 86.6 Å². The van der Waals surface area contributed by atoms with Crippen LogP contribution in [-0.2, 0) is 9.59 Å². The number of nitrogens with zero attached hydrogens (tertiary/aromatic N) is 2. The number of likely N-dealkylation sites (N-methyl/N-ethyl adjacent to an activating group) is 1. The van der Waals surface area contributed by atoms with Crippen LogP contribution >= 0.6 is 0 Å². The Labute approximate surface area is 153 Å². The third-order valence-electron chi connectivity index (χ3n) is 3.60. The van der Waals surface area contributed by atoms with Gasteiger partial charge in [-0.2, -0.15) is 0 Å². The van der Waals surface area contributed by atoms with Crippen LogP contribution in [0.3, 0.4) is 0 Å². The molecule has 0 aliphatic heterocycles. The lowest BCUT2D eigenvalue weighted by atomic mass is 10.2. The zero-order chi connectivity index (χ0) is 20.3. The largest absolute Gasteiger partial charge is 0.481 e. The van der Waals surface area contributed by atoms with Gasteiger partial charge in [0.15, 0.2) is 6.54 Å². The summed E-state index contributed by atoms with van der Waals surface area (Å²) in [5.41, 5.74) is 1.12. The van der Waals surface area contributed by atoms with Crippen LogP contribution < -0.4 is 5.32 Å². The Morgan fingerprint density at radius 2 is 1.60 bits per heavy atom. The Morgan fingerprint density at radius 3 is 1.88 bits per heavy atom. The molecule has 0 rings (SSSR count). The number of rotatable bonds is 11. The minimum absolute atomic E-state index is 0.181. The van der Waals surface area contributed by atoms with Gasteiger partial charge < -0.3 is 19.2 Å². The van der Waals surface area contributed by atoms with E-state index in [4.69, 9.17) is 10.2 Å². The van der Waals surface area contributed by atoms with Crippen molar-refractivity contribution in [2.45, 2.75) is 39.3 Å². The minimum Gasteiger partial charge on any atom is -0.481 e. The summed E-state index contributed by atoms with van der Waals surface area (Å²) >= 11 is 0. The van der Waals surface area contributed by atoms with Crippen molar-refractivity contribution in [3.8, 4) is 0 Å². The standard InChI is InChI=1S/C13H26N2O2.C5H11NO2/c1-6-12(14-10-11(2)3)15(4,5)9-7-8-13(16)17;1-6(2,3)4-5(7)8/h12,14H,2,6-10H2,1,3-5H3;4H2,1-3H3/p+2. The third kappa shape index (κ3) is 17.2. The molecule has 0 saturated carbocycles. The highest BCUT2D eigenvalue weighted by Gasteiger charge is 2.25. The Kier molecular flexibility index (Phi) is 12.4. The molecule has 1 unspecified atom stereocenters. The summed E-state index contributed by atoms with van der Waals surface area (Å²) in [7, 11) is 9.80. The van der Waals surface area contributed by atoms with Gasteiger partial charge in [-0.3, -0.25) is 10.1 Å². The molecule has 0 aromatic heterocycles. The maximum absolute atomic E-state index is 10.5. The number of hydrogen-bond donors (Lipinski definition) is 3. The second kappa shape index (κ2) is 12.0. The van der Waals surface area contributed by atoms with Gasteiger partial charge in [0, 0.05) is 19.4 Å². The van der Waals surface area contributed by atoms with Crippen molar-refractivity contribution in [1.29, 1.82) is 0 Å². The molecule has 0 spiro atoms. The van der Waals surface area contributed by atoms with Gasteiger partial charge >= 0.3 is 11.9 Å². The summed E-state index contributed by atoms with van der Waals surface area (Å²) in [6.07, 6.45) is 2.33. The normalized spacial score (nSPS) is 12.8. The highest BCUT2D eigenvalue weighted by molar-refractivity contribution is 5.67. The molecule has 0 saturated heterocycles. The zero-order valence-electron chi connectivity index (χ0n) is 17.1. The van der Waals surface area contributed by atoms with Crippen LogP contribution in [-0.4, -0.2) is 92.2 Å². The lowest BCUT2D eigenvalue weighted by Gasteiger charge is -2.38. The molecule has 3 N–H and O–H groups in total. The van der Waals surface area contributed by atoms with Crippen LogP contribution in [0.1, 0.15) is 33.1 Å². The molecule has 148 valence electrons. The molecule has 0 heterocycles. The van der Waals surface area contributed by atoms with Crippen LogP contribution in [0.15, 0.2) is 12.2 Å². The predicted molar refractivity (Wildman–Crippen MR) is 101 cm³/mol. The Bertz CT molecular complexity index is 429. The zero-order valence-corrected chi connectivity index (χ0v) is 17.1. The number of aliphatic carboxylic acids is 2. The molecule has 1 atom stereocenters. The lowest BCUT2D eigenvalue weighted by Crippen LogP contribution is -2.56. The molecule has 0 bridgehead atoms. The average Bonchev–Trinajstić information content (AvgIpc) is 2.35. The highest BCUT2D eigenvalue weighted by Crippen LogP contribution is 2.10. The third-order valence-corrected chi connectivity index (χ3v) is 3.60. The maximum Gasteiger partial charge on any atom is 0.359 e. The molecular weight excluding hydrogens is 322 g/mol. The van der Waals surface area contributed by atoms with Gasteiger partial charge in [0.05, 0.1) is 48.2 Å².